The third-order valence-corrected chi connectivity index (χ3v) is 4.83. The van der Waals surface area contributed by atoms with Crippen molar-refractivity contribution in [3.05, 3.63) is 35.4 Å². The second kappa shape index (κ2) is 5.64. The van der Waals surface area contributed by atoms with Crippen LogP contribution < -0.4 is 5.32 Å². The Kier molecular flexibility index (Phi) is 3.90. The van der Waals surface area contributed by atoms with Crippen LogP contribution in [0.15, 0.2) is 24.3 Å². The maximum absolute atomic E-state index is 3.39. The molecule has 2 aliphatic rings. The van der Waals surface area contributed by atoms with Gasteiger partial charge in [-0.25, -0.2) is 0 Å². The van der Waals surface area contributed by atoms with E-state index in [0.717, 1.165) is 18.4 Å². The van der Waals surface area contributed by atoms with E-state index >= 15 is 0 Å². The first-order valence-corrected chi connectivity index (χ1v) is 7.82. The van der Waals surface area contributed by atoms with Crippen molar-refractivity contribution >= 4 is 0 Å². The molecule has 0 radical (unpaired) electrons. The van der Waals surface area contributed by atoms with Gasteiger partial charge in [0.25, 0.3) is 0 Å². The van der Waals surface area contributed by atoms with E-state index in [1.807, 2.05) is 0 Å². The highest BCUT2D eigenvalue weighted by molar-refractivity contribution is 5.36. The Morgan fingerprint density at radius 1 is 1.16 bits per heavy atom. The SMILES string of the molecule is CCN1CCC(CNC)C1c1ccccc1C1CC1. The summed E-state index contributed by atoms with van der Waals surface area (Å²) in [5, 5.41) is 3.39. The lowest BCUT2D eigenvalue weighted by molar-refractivity contribution is 0.237. The fraction of sp³-hybridized carbons (Fsp3) is 0.647. The topological polar surface area (TPSA) is 15.3 Å². The lowest BCUT2D eigenvalue weighted by atomic mass is 9.89. The fourth-order valence-corrected chi connectivity index (χ4v) is 3.75. The minimum absolute atomic E-state index is 0.634. The summed E-state index contributed by atoms with van der Waals surface area (Å²) in [7, 11) is 2.08. The van der Waals surface area contributed by atoms with Crippen LogP contribution in [0.3, 0.4) is 0 Å². The molecule has 0 amide bonds. The fourth-order valence-electron chi connectivity index (χ4n) is 3.75. The van der Waals surface area contributed by atoms with Crippen molar-refractivity contribution < 1.29 is 0 Å². The summed E-state index contributed by atoms with van der Waals surface area (Å²) in [4.78, 5) is 2.67. The van der Waals surface area contributed by atoms with E-state index in [0.29, 0.717) is 6.04 Å². The van der Waals surface area contributed by atoms with Crippen LogP contribution in [0.4, 0.5) is 0 Å². The van der Waals surface area contributed by atoms with Gasteiger partial charge >= 0.3 is 0 Å². The van der Waals surface area contributed by atoms with E-state index in [1.54, 1.807) is 11.1 Å². The van der Waals surface area contributed by atoms with Crippen LogP contribution in [0.2, 0.25) is 0 Å². The second-order valence-electron chi connectivity index (χ2n) is 6.08. The summed E-state index contributed by atoms with van der Waals surface area (Å²) in [6.07, 6.45) is 4.12. The molecule has 104 valence electrons. The summed E-state index contributed by atoms with van der Waals surface area (Å²) in [6.45, 7) is 5.87. The molecule has 3 rings (SSSR count). The van der Waals surface area contributed by atoms with Crippen molar-refractivity contribution in [3.8, 4) is 0 Å². The monoisotopic (exact) mass is 258 g/mol. The lowest BCUT2D eigenvalue weighted by Crippen LogP contribution is -2.29. The molecule has 1 aliphatic carbocycles. The first-order valence-electron chi connectivity index (χ1n) is 7.82. The summed E-state index contributed by atoms with van der Waals surface area (Å²) >= 11 is 0. The Morgan fingerprint density at radius 3 is 2.53 bits per heavy atom. The van der Waals surface area contributed by atoms with Crippen molar-refractivity contribution in [1.82, 2.24) is 10.2 Å². The Bertz CT molecular complexity index is 425. The van der Waals surface area contributed by atoms with Gasteiger partial charge in [-0.15, -0.1) is 0 Å². The molecule has 1 aliphatic heterocycles. The maximum Gasteiger partial charge on any atom is 0.0391 e. The highest BCUT2D eigenvalue weighted by atomic mass is 15.2. The predicted octanol–water partition coefficient (Wildman–Crippen LogP) is 3.17. The molecule has 0 spiro atoms. The molecular formula is C17H26N2. The molecule has 1 heterocycles. The van der Waals surface area contributed by atoms with Gasteiger partial charge in [-0.05, 0) is 68.9 Å². The van der Waals surface area contributed by atoms with Crippen LogP contribution in [-0.2, 0) is 0 Å². The summed E-state index contributed by atoms with van der Waals surface area (Å²) < 4.78 is 0. The molecule has 19 heavy (non-hydrogen) atoms. The zero-order valence-corrected chi connectivity index (χ0v) is 12.2. The molecule has 1 saturated carbocycles. The minimum atomic E-state index is 0.634. The molecular weight excluding hydrogens is 232 g/mol. The van der Waals surface area contributed by atoms with Gasteiger partial charge in [0.1, 0.15) is 0 Å². The lowest BCUT2D eigenvalue weighted by Gasteiger charge is -2.29. The van der Waals surface area contributed by atoms with Crippen LogP contribution in [0, 0.1) is 5.92 Å². The highest BCUT2D eigenvalue weighted by Gasteiger charge is 2.37. The number of hydrogen-bond donors (Lipinski definition) is 1. The third kappa shape index (κ3) is 2.56. The van der Waals surface area contributed by atoms with Gasteiger partial charge in [-0.2, -0.15) is 0 Å². The van der Waals surface area contributed by atoms with Gasteiger partial charge in [-0.1, -0.05) is 31.2 Å². The number of hydrogen-bond acceptors (Lipinski definition) is 2. The van der Waals surface area contributed by atoms with Crippen LogP contribution in [0.1, 0.15) is 49.3 Å². The van der Waals surface area contributed by atoms with Gasteiger partial charge in [0, 0.05) is 6.04 Å². The van der Waals surface area contributed by atoms with Gasteiger partial charge in [0.2, 0.25) is 0 Å². The van der Waals surface area contributed by atoms with Crippen molar-refractivity contribution in [2.24, 2.45) is 5.92 Å². The molecule has 2 atom stereocenters. The normalized spacial score (nSPS) is 27.9. The molecule has 1 N–H and O–H groups in total. The van der Waals surface area contributed by atoms with Crippen molar-refractivity contribution in [2.75, 3.05) is 26.7 Å². The second-order valence-corrected chi connectivity index (χ2v) is 6.08. The van der Waals surface area contributed by atoms with E-state index in [1.165, 1.54) is 32.4 Å². The molecule has 2 nitrogen and oxygen atoms in total. The summed E-state index contributed by atoms with van der Waals surface area (Å²) in [6, 6.07) is 9.83. The Labute approximate surface area is 117 Å². The molecule has 0 aromatic heterocycles. The van der Waals surface area contributed by atoms with Crippen molar-refractivity contribution in [3.63, 3.8) is 0 Å². The molecule has 2 heteroatoms. The summed E-state index contributed by atoms with van der Waals surface area (Å²) in [5.74, 6) is 1.62. The number of likely N-dealkylation sites (tertiary alicyclic amines) is 1. The summed E-state index contributed by atoms with van der Waals surface area (Å²) in [5.41, 5.74) is 3.25. The van der Waals surface area contributed by atoms with E-state index in [-0.39, 0.29) is 0 Å². The van der Waals surface area contributed by atoms with Crippen LogP contribution in [-0.4, -0.2) is 31.6 Å². The smallest absolute Gasteiger partial charge is 0.0391 e. The third-order valence-electron chi connectivity index (χ3n) is 4.83. The molecule has 1 aromatic rings. The van der Waals surface area contributed by atoms with E-state index in [2.05, 4.69) is 48.5 Å². The molecule has 1 aromatic carbocycles. The van der Waals surface area contributed by atoms with Gasteiger partial charge in [0.15, 0.2) is 0 Å². The van der Waals surface area contributed by atoms with E-state index in [9.17, 15) is 0 Å². The molecule has 1 saturated heterocycles. The van der Waals surface area contributed by atoms with Crippen LogP contribution in [0.5, 0.6) is 0 Å². The first kappa shape index (κ1) is 13.1. The largest absolute Gasteiger partial charge is 0.319 e. The molecule has 2 unspecified atom stereocenters. The predicted molar refractivity (Wildman–Crippen MR) is 80.4 cm³/mol. The average molecular weight is 258 g/mol. The Hall–Kier alpha value is -0.860. The van der Waals surface area contributed by atoms with Gasteiger partial charge < -0.3 is 5.32 Å². The highest BCUT2D eigenvalue weighted by Crippen LogP contribution is 2.46. The van der Waals surface area contributed by atoms with Gasteiger partial charge in [-0.3, -0.25) is 4.90 Å². The maximum atomic E-state index is 3.39. The van der Waals surface area contributed by atoms with Crippen LogP contribution in [0.25, 0.3) is 0 Å². The minimum Gasteiger partial charge on any atom is -0.319 e. The zero-order valence-electron chi connectivity index (χ0n) is 12.2. The Balaban J connectivity index is 1.92. The van der Waals surface area contributed by atoms with Gasteiger partial charge in [0.05, 0.1) is 0 Å². The van der Waals surface area contributed by atoms with Crippen LogP contribution >= 0.6 is 0 Å². The number of benzene rings is 1. The number of rotatable bonds is 5. The number of nitrogens with zero attached hydrogens (tertiary/aromatic N) is 1. The quantitative estimate of drug-likeness (QED) is 0.872. The average Bonchev–Trinajstić information content (AvgIpc) is 3.21. The van der Waals surface area contributed by atoms with E-state index in [4.69, 9.17) is 0 Å². The molecule has 0 bridgehead atoms. The van der Waals surface area contributed by atoms with Crippen molar-refractivity contribution in [2.45, 2.75) is 38.1 Å². The zero-order chi connectivity index (χ0) is 13.2. The van der Waals surface area contributed by atoms with Crippen molar-refractivity contribution in [1.29, 1.82) is 0 Å². The molecule has 2 fully saturated rings. The number of nitrogens with one attached hydrogen (secondary N) is 1. The standard InChI is InChI=1S/C17H26N2/c1-3-19-11-10-14(12-18-2)17(19)16-7-5-4-6-15(16)13-8-9-13/h4-7,13-14,17-18H,3,8-12H2,1-2H3. The Morgan fingerprint density at radius 2 is 1.89 bits per heavy atom. The van der Waals surface area contributed by atoms with E-state index < -0.39 is 0 Å². The first-order chi connectivity index (χ1) is 9.35.